The van der Waals surface area contributed by atoms with Gasteiger partial charge in [-0.3, -0.25) is 13.9 Å². The zero-order valence-electron chi connectivity index (χ0n) is 18.4. The zero-order chi connectivity index (χ0) is 24.1. The molecule has 32 heavy (non-hydrogen) atoms. The molecule has 0 aromatic heterocycles. The number of hydrogen-bond acceptors (Lipinski definition) is 4. The Balaban J connectivity index is 2.43. The zero-order valence-corrected chi connectivity index (χ0v) is 19.2. The summed E-state index contributed by atoms with van der Waals surface area (Å²) in [5, 5.41) is 2.52. The summed E-state index contributed by atoms with van der Waals surface area (Å²) in [6, 6.07) is 9.09. The molecule has 174 valence electrons. The fourth-order valence-electron chi connectivity index (χ4n) is 3.23. The summed E-state index contributed by atoms with van der Waals surface area (Å²) in [5.74, 6) is -3.43. The minimum atomic E-state index is -4.02. The van der Waals surface area contributed by atoms with Gasteiger partial charge in [-0.2, -0.15) is 0 Å². The van der Waals surface area contributed by atoms with Gasteiger partial charge >= 0.3 is 0 Å². The van der Waals surface area contributed by atoms with Crippen LogP contribution in [0.2, 0.25) is 0 Å². The Labute approximate surface area is 187 Å². The average molecular weight is 468 g/mol. The van der Waals surface area contributed by atoms with Crippen LogP contribution < -0.4 is 9.62 Å². The Morgan fingerprint density at radius 3 is 2.19 bits per heavy atom. The Kier molecular flexibility index (Phi) is 8.31. The van der Waals surface area contributed by atoms with Crippen LogP contribution in [0.25, 0.3) is 0 Å². The van der Waals surface area contributed by atoms with Crippen molar-refractivity contribution in [2.24, 2.45) is 0 Å². The number of anilines is 1. The van der Waals surface area contributed by atoms with Crippen LogP contribution in [-0.4, -0.2) is 51.0 Å². The van der Waals surface area contributed by atoms with Crippen molar-refractivity contribution < 1.29 is 26.8 Å². The van der Waals surface area contributed by atoms with E-state index in [1.807, 2.05) is 31.2 Å². The van der Waals surface area contributed by atoms with Crippen LogP contribution >= 0.6 is 0 Å². The van der Waals surface area contributed by atoms with Gasteiger partial charge in [-0.15, -0.1) is 0 Å². The molecule has 0 saturated carbocycles. The highest BCUT2D eigenvalue weighted by atomic mass is 32.2. The highest BCUT2D eigenvalue weighted by Gasteiger charge is 2.31. The van der Waals surface area contributed by atoms with Crippen molar-refractivity contribution in [2.75, 3.05) is 24.2 Å². The van der Waals surface area contributed by atoms with Crippen LogP contribution in [0.15, 0.2) is 42.5 Å². The molecule has 1 atom stereocenters. The highest BCUT2D eigenvalue weighted by molar-refractivity contribution is 7.92. The highest BCUT2D eigenvalue weighted by Crippen LogP contribution is 2.22. The SMILES string of the molecule is CCC(C(=O)NC)N(Cc1ccc(C)cc1)C(=O)CN(c1ccc(F)c(F)c1)S(C)(=O)=O. The molecule has 0 bridgehead atoms. The van der Waals surface area contributed by atoms with Gasteiger partial charge in [0.15, 0.2) is 11.6 Å². The largest absolute Gasteiger partial charge is 0.357 e. The van der Waals surface area contributed by atoms with Crippen molar-refractivity contribution in [3.8, 4) is 0 Å². The molecule has 0 aliphatic heterocycles. The van der Waals surface area contributed by atoms with Crippen LogP contribution in [0, 0.1) is 18.6 Å². The molecule has 1 N–H and O–H groups in total. The van der Waals surface area contributed by atoms with Crippen LogP contribution in [0.3, 0.4) is 0 Å². The number of halogens is 2. The van der Waals surface area contributed by atoms with Gasteiger partial charge in [0, 0.05) is 19.7 Å². The van der Waals surface area contributed by atoms with Gasteiger partial charge in [-0.1, -0.05) is 36.8 Å². The van der Waals surface area contributed by atoms with E-state index in [-0.39, 0.29) is 12.2 Å². The fourth-order valence-corrected chi connectivity index (χ4v) is 4.07. The monoisotopic (exact) mass is 467 g/mol. The van der Waals surface area contributed by atoms with Gasteiger partial charge in [-0.05, 0) is 31.0 Å². The number of benzene rings is 2. The molecule has 2 rings (SSSR count). The maximum atomic E-state index is 13.7. The summed E-state index contributed by atoms with van der Waals surface area (Å²) in [7, 11) is -2.57. The lowest BCUT2D eigenvalue weighted by Gasteiger charge is -2.32. The predicted molar refractivity (Wildman–Crippen MR) is 118 cm³/mol. The van der Waals surface area contributed by atoms with Crippen molar-refractivity contribution in [1.29, 1.82) is 0 Å². The van der Waals surface area contributed by atoms with E-state index in [1.165, 1.54) is 11.9 Å². The topological polar surface area (TPSA) is 86.8 Å². The Bertz CT molecular complexity index is 1080. The lowest BCUT2D eigenvalue weighted by Crippen LogP contribution is -2.51. The summed E-state index contributed by atoms with van der Waals surface area (Å²) < 4.78 is 52.5. The summed E-state index contributed by atoms with van der Waals surface area (Å²) >= 11 is 0. The van der Waals surface area contributed by atoms with E-state index in [2.05, 4.69) is 5.32 Å². The van der Waals surface area contributed by atoms with Crippen molar-refractivity contribution >= 4 is 27.5 Å². The number of likely N-dealkylation sites (N-methyl/N-ethyl adjacent to an activating group) is 1. The quantitative estimate of drug-likeness (QED) is 0.614. The van der Waals surface area contributed by atoms with E-state index in [9.17, 15) is 26.8 Å². The van der Waals surface area contributed by atoms with Gasteiger partial charge in [0.25, 0.3) is 0 Å². The molecule has 0 aliphatic carbocycles. The Morgan fingerprint density at radius 2 is 1.69 bits per heavy atom. The smallest absolute Gasteiger partial charge is 0.244 e. The van der Waals surface area contributed by atoms with E-state index in [1.54, 1.807) is 6.92 Å². The molecule has 10 heteroatoms. The molecular weight excluding hydrogens is 440 g/mol. The van der Waals surface area contributed by atoms with Crippen LogP contribution in [0.4, 0.5) is 14.5 Å². The number of aryl methyl sites for hydroxylation is 1. The standard InChI is InChI=1S/C22H27F2N3O4S/c1-5-20(22(29)25-3)26(13-16-8-6-15(2)7-9-16)21(28)14-27(32(4,30)31)17-10-11-18(23)19(24)12-17/h6-12,20H,5,13-14H2,1-4H3,(H,25,29). The average Bonchev–Trinajstić information content (AvgIpc) is 2.74. The molecule has 0 spiro atoms. The Hall–Kier alpha value is -3.01. The van der Waals surface area contributed by atoms with Gasteiger partial charge in [0.05, 0.1) is 11.9 Å². The third kappa shape index (κ3) is 6.25. The molecule has 2 aromatic carbocycles. The minimum Gasteiger partial charge on any atom is -0.357 e. The van der Waals surface area contributed by atoms with Gasteiger partial charge < -0.3 is 10.2 Å². The van der Waals surface area contributed by atoms with Crippen LogP contribution in [-0.2, 0) is 26.2 Å². The summed E-state index contributed by atoms with van der Waals surface area (Å²) in [5.41, 5.74) is 1.58. The number of amides is 2. The second-order valence-corrected chi connectivity index (χ2v) is 9.32. The molecule has 0 aliphatic rings. The molecule has 0 heterocycles. The first-order valence-corrected chi connectivity index (χ1v) is 11.8. The van der Waals surface area contributed by atoms with E-state index < -0.39 is 46.1 Å². The molecule has 1 unspecified atom stereocenters. The van der Waals surface area contributed by atoms with E-state index in [0.717, 1.165) is 29.5 Å². The van der Waals surface area contributed by atoms with E-state index >= 15 is 0 Å². The van der Waals surface area contributed by atoms with Crippen LogP contribution in [0.1, 0.15) is 24.5 Å². The number of nitrogens with one attached hydrogen (secondary N) is 1. The van der Waals surface area contributed by atoms with Gasteiger partial charge in [0.2, 0.25) is 21.8 Å². The molecule has 0 radical (unpaired) electrons. The molecule has 0 saturated heterocycles. The van der Waals surface area contributed by atoms with E-state index in [4.69, 9.17) is 0 Å². The second-order valence-electron chi connectivity index (χ2n) is 7.41. The number of hydrogen-bond donors (Lipinski definition) is 1. The first kappa shape index (κ1) is 25.3. The summed E-state index contributed by atoms with van der Waals surface area (Å²) in [4.78, 5) is 27.0. The van der Waals surface area contributed by atoms with Crippen molar-refractivity contribution in [1.82, 2.24) is 10.2 Å². The van der Waals surface area contributed by atoms with Crippen molar-refractivity contribution in [3.63, 3.8) is 0 Å². The Morgan fingerprint density at radius 1 is 1.06 bits per heavy atom. The normalized spacial score (nSPS) is 12.2. The molecule has 2 amide bonds. The number of carbonyl (C=O) groups excluding carboxylic acids is 2. The number of rotatable bonds is 9. The lowest BCUT2D eigenvalue weighted by molar-refractivity contribution is -0.140. The molecule has 0 fully saturated rings. The summed E-state index contributed by atoms with van der Waals surface area (Å²) in [6.45, 7) is 3.04. The third-order valence-electron chi connectivity index (χ3n) is 4.98. The first-order valence-electron chi connectivity index (χ1n) is 9.97. The fraction of sp³-hybridized carbons (Fsp3) is 0.364. The molecule has 2 aromatic rings. The van der Waals surface area contributed by atoms with Gasteiger partial charge in [-0.25, -0.2) is 17.2 Å². The third-order valence-corrected chi connectivity index (χ3v) is 6.12. The maximum absolute atomic E-state index is 13.7. The number of sulfonamides is 1. The second kappa shape index (κ2) is 10.5. The minimum absolute atomic E-state index is 0.0699. The van der Waals surface area contributed by atoms with Crippen LogP contribution in [0.5, 0.6) is 0 Å². The molecule has 7 nitrogen and oxygen atoms in total. The first-order chi connectivity index (χ1) is 15.0. The van der Waals surface area contributed by atoms with Crippen molar-refractivity contribution in [3.05, 3.63) is 65.2 Å². The predicted octanol–water partition coefficient (Wildman–Crippen LogP) is 2.59. The maximum Gasteiger partial charge on any atom is 0.244 e. The summed E-state index contributed by atoms with van der Waals surface area (Å²) in [6.07, 6.45) is 1.16. The molecular formula is C22H27F2N3O4S. The van der Waals surface area contributed by atoms with Crippen molar-refractivity contribution in [2.45, 2.75) is 32.9 Å². The number of nitrogens with zero attached hydrogens (tertiary/aromatic N) is 2. The van der Waals surface area contributed by atoms with E-state index in [0.29, 0.717) is 16.8 Å². The number of carbonyl (C=O) groups is 2. The lowest BCUT2D eigenvalue weighted by atomic mass is 10.1. The van der Waals surface area contributed by atoms with Gasteiger partial charge in [0.1, 0.15) is 12.6 Å².